The molecule has 1 aliphatic rings. The Balaban J connectivity index is 1.53. The first-order chi connectivity index (χ1) is 12.0. The van der Waals surface area contributed by atoms with Crippen LogP contribution in [0.4, 0.5) is 4.79 Å². The highest BCUT2D eigenvalue weighted by Gasteiger charge is 2.26. The maximum Gasteiger partial charge on any atom is 0.315 e. The van der Waals surface area contributed by atoms with Gasteiger partial charge in [0.1, 0.15) is 5.75 Å². The van der Waals surface area contributed by atoms with E-state index in [0.29, 0.717) is 12.2 Å². The average Bonchev–Trinajstić information content (AvgIpc) is 2.99. The van der Waals surface area contributed by atoms with Crippen LogP contribution in [0.1, 0.15) is 48.6 Å². The molecular weight excluding hydrogens is 316 g/mol. The predicted octanol–water partition coefficient (Wildman–Crippen LogP) is 3.19. The highest BCUT2D eigenvalue weighted by molar-refractivity contribution is 5.75. The SMILES string of the molecule is CC(CC(O)c1ccccc1)NC(=O)NC1CCc2c(O)cccc21. The topological polar surface area (TPSA) is 81.6 Å². The Labute approximate surface area is 147 Å². The number of carbonyl (C=O) groups excluding carboxylic acids is 1. The van der Waals surface area contributed by atoms with Gasteiger partial charge in [-0.05, 0) is 48.9 Å². The van der Waals surface area contributed by atoms with Gasteiger partial charge in [-0.3, -0.25) is 0 Å². The number of aliphatic hydroxyl groups is 1. The van der Waals surface area contributed by atoms with Gasteiger partial charge in [0.15, 0.2) is 0 Å². The fourth-order valence-electron chi connectivity index (χ4n) is 3.41. The van der Waals surface area contributed by atoms with Crippen molar-refractivity contribution in [3.8, 4) is 5.75 Å². The number of benzene rings is 2. The number of phenols is 1. The van der Waals surface area contributed by atoms with Crippen LogP contribution in [0.2, 0.25) is 0 Å². The summed E-state index contributed by atoms with van der Waals surface area (Å²) in [5.74, 6) is 0.293. The van der Waals surface area contributed by atoms with E-state index in [4.69, 9.17) is 0 Å². The van der Waals surface area contributed by atoms with Crippen molar-refractivity contribution in [2.75, 3.05) is 0 Å². The third-order valence-electron chi connectivity index (χ3n) is 4.69. The number of nitrogens with one attached hydrogen (secondary N) is 2. The molecule has 2 amide bonds. The molecule has 3 rings (SSSR count). The van der Waals surface area contributed by atoms with E-state index >= 15 is 0 Å². The van der Waals surface area contributed by atoms with Crippen LogP contribution in [0.3, 0.4) is 0 Å². The van der Waals surface area contributed by atoms with E-state index in [1.165, 1.54) is 0 Å². The molecule has 25 heavy (non-hydrogen) atoms. The first-order valence-corrected chi connectivity index (χ1v) is 8.65. The van der Waals surface area contributed by atoms with Crippen molar-refractivity contribution in [3.63, 3.8) is 0 Å². The lowest BCUT2D eigenvalue weighted by molar-refractivity contribution is 0.154. The summed E-state index contributed by atoms with van der Waals surface area (Å²) in [4.78, 5) is 12.3. The number of fused-ring (bicyclic) bond motifs is 1. The van der Waals surface area contributed by atoms with Crippen LogP contribution >= 0.6 is 0 Å². The van der Waals surface area contributed by atoms with E-state index in [0.717, 1.165) is 29.5 Å². The fraction of sp³-hybridized carbons (Fsp3) is 0.350. The lowest BCUT2D eigenvalue weighted by Crippen LogP contribution is -2.42. The molecule has 1 aliphatic carbocycles. The summed E-state index contributed by atoms with van der Waals surface area (Å²) in [6.07, 6.45) is 1.37. The van der Waals surface area contributed by atoms with Gasteiger partial charge in [-0.25, -0.2) is 4.79 Å². The molecule has 0 saturated heterocycles. The zero-order valence-corrected chi connectivity index (χ0v) is 14.3. The number of rotatable bonds is 5. The van der Waals surface area contributed by atoms with Crippen molar-refractivity contribution >= 4 is 6.03 Å². The second kappa shape index (κ2) is 7.57. The zero-order valence-electron chi connectivity index (χ0n) is 14.3. The van der Waals surface area contributed by atoms with Crippen molar-refractivity contribution < 1.29 is 15.0 Å². The fourth-order valence-corrected chi connectivity index (χ4v) is 3.41. The molecule has 0 aromatic heterocycles. The second-order valence-corrected chi connectivity index (χ2v) is 6.62. The van der Waals surface area contributed by atoms with Gasteiger partial charge in [-0.15, -0.1) is 0 Å². The number of aliphatic hydroxyl groups excluding tert-OH is 1. The van der Waals surface area contributed by atoms with Crippen molar-refractivity contribution in [2.24, 2.45) is 0 Å². The van der Waals surface area contributed by atoms with Gasteiger partial charge in [-0.1, -0.05) is 42.5 Å². The standard InChI is InChI=1S/C20H24N2O3/c1-13(12-19(24)14-6-3-2-4-7-14)21-20(25)22-17-11-10-16-15(17)8-5-9-18(16)23/h2-9,13,17,19,23-24H,10-12H2,1H3,(H2,21,22,25). The molecule has 0 saturated carbocycles. The third kappa shape index (κ3) is 4.12. The smallest absolute Gasteiger partial charge is 0.315 e. The van der Waals surface area contributed by atoms with Gasteiger partial charge in [0.05, 0.1) is 12.1 Å². The molecular formula is C20H24N2O3. The summed E-state index contributed by atoms with van der Waals surface area (Å²) in [6.45, 7) is 1.88. The molecule has 0 bridgehead atoms. The Bertz CT molecular complexity index is 733. The summed E-state index contributed by atoms with van der Waals surface area (Å²) in [5.41, 5.74) is 2.74. The molecule has 0 fully saturated rings. The summed E-state index contributed by atoms with van der Waals surface area (Å²) in [6, 6.07) is 14.3. The summed E-state index contributed by atoms with van der Waals surface area (Å²) < 4.78 is 0. The van der Waals surface area contributed by atoms with Crippen molar-refractivity contribution in [1.29, 1.82) is 0 Å². The number of aromatic hydroxyl groups is 1. The Morgan fingerprint density at radius 3 is 2.72 bits per heavy atom. The number of phenolic OH excluding ortho intramolecular Hbond substituents is 1. The first kappa shape index (κ1) is 17.3. The molecule has 0 aliphatic heterocycles. The molecule has 4 N–H and O–H groups in total. The number of hydrogen-bond acceptors (Lipinski definition) is 3. The second-order valence-electron chi connectivity index (χ2n) is 6.62. The maximum atomic E-state index is 12.3. The van der Waals surface area contributed by atoms with Crippen LogP contribution in [0.5, 0.6) is 5.75 Å². The number of urea groups is 1. The van der Waals surface area contributed by atoms with Gasteiger partial charge in [0, 0.05) is 6.04 Å². The molecule has 0 spiro atoms. The Morgan fingerprint density at radius 1 is 1.20 bits per heavy atom. The van der Waals surface area contributed by atoms with Gasteiger partial charge in [0.2, 0.25) is 0 Å². The van der Waals surface area contributed by atoms with Crippen LogP contribution in [0, 0.1) is 0 Å². The van der Waals surface area contributed by atoms with Crippen LogP contribution in [-0.4, -0.2) is 22.3 Å². The maximum absolute atomic E-state index is 12.3. The highest BCUT2D eigenvalue weighted by atomic mass is 16.3. The Hall–Kier alpha value is -2.53. The van der Waals surface area contributed by atoms with Gasteiger partial charge in [0.25, 0.3) is 0 Å². The lowest BCUT2D eigenvalue weighted by atomic mass is 10.0. The molecule has 3 atom stereocenters. The Morgan fingerprint density at radius 2 is 1.96 bits per heavy atom. The van der Waals surface area contributed by atoms with Crippen LogP contribution < -0.4 is 10.6 Å². The minimum absolute atomic E-state index is 0.0895. The third-order valence-corrected chi connectivity index (χ3v) is 4.69. The van der Waals surface area contributed by atoms with Gasteiger partial charge in [-0.2, -0.15) is 0 Å². The quantitative estimate of drug-likeness (QED) is 0.675. The first-order valence-electron chi connectivity index (χ1n) is 8.65. The molecule has 5 heteroatoms. The molecule has 0 radical (unpaired) electrons. The minimum Gasteiger partial charge on any atom is -0.508 e. The largest absolute Gasteiger partial charge is 0.508 e. The number of carbonyl (C=O) groups is 1. The van der Waals surface area contributed by atoms with E-state index in [2.05, 4.69) is 10.6 Å². The zero-order chi connectivity index (χ0) is 17.8. The van der Waals surface area contributed by atoms with Crippen molar-refractivity contribution in [2.45, 2.75) is 44.4 Å². The average molecular weight is 340 g/mol. The van der Waals surface area contributed by atoms with Crippen LogP contribution in [0.25, 0.3) is 0 Å². The summed E-state index contributed by atoms with van der Waals surface area (Å²) in [7, 11) is 0. The normalized spacial score (nSPS) is 18.2. The Kier molecular flexibility index (Phi) is 5.24. The monoisotopic (exact) mass is 340 g/mol. The minimum atomic E-state index is -0.611. The van der Waals surface area contributed by atoms with Gasteiger partial charge < -0.3 is 20.8 Å². The number of amides is 2. The van der Waals surface area contributed by atoms with E-state index in [9.17, 15) is 15.0 Å². The van der Waals surface area contributed by atoms with Crippen molar-refractivity contribution in [1.82, 2.24) is 10.6 Å². The molecule has 132 valence electrons. The highest BCUT2D eigenvalue weighted by Crippen LogP contribution is 2.36. The predicted molar refractivity (Wildman–Crippen MR) is 96.3 cm³/mol. The van der Waals surface area contributed by atoms with Crippen LogP contribution in [0.15, 0.2) is 48.5 Å². The van der Waals surface area contributed by atoms with E-state index in [1.807, 2.05) is 43.3 Å². The van der Waals surface area contributed by atoms with E-state index in [-0.39, 0.29) is 18.1 Å². The molecule has 5 nitrogen and oxygen atoms in total. The summed E-state index contributed by atoms with van der Waals surface area (Å²) >= 11 is 0. The van der Waals surface area contributed by atoms with Crippen molar-refractivity contribution in [3.05, 3.63) is 65.2 Å². The molecule has 3 unspecified atom stereocenters. The van der Waals surface area contributed by atoms with Crippen LogP contribution in [-0.2, 0) is 6.42 Å². The van der Waals surface area contributed by atoms with E-state index < -0.39 is 6.10 Å². The summed E-state index contributed by atoms with van der Waals surface area (Å²) in [5, 5.41) is 26.0. The number of hydrogen-bond donors (Lipinski definition) is 4. The van der Waals surface area contributed by atoms with Gasteiger partial charge >= 0.3 is 6.03 Å². The molecule has 2 aromatic carbocycles. The van der Waals surface area contributed by atoms with E-state index in [1.54, 1.807) is 12.1 Å². The molecule has 0 heterocycles. The molecule has 2 aromatic rings. The lowest BCUT2D eigenvalue weighted by Gasteiger charge is -2.20.